The number of fused-ring (bicyclic) bond motifs is 1. The van der Waals surface area contributed by atoms with Crippen LogP contribution in [0.2, 0.25) is 0 Å². The summed E-state index contributed by atoms with van der Waals surface area (Å²) in [5.41, 5.74) is 1.45. The monoisotopic (exact) mass is 331 g/mol. The van der Waals surface area contributed by atoms with Gasteiger partial charge in [0.2, 0.25) is 0 Å². The molecule has 1 aromatic rings. The Morgan fingerprint density at radius 2 is 2.12 bits per heavy atom. The fourth-order valence-corrected chi connectivity index (χ4v) is 3.55. The van der Waals surface area contributed by atoms with Gasteiger partial charge >= 0.3 is 5.97 Å². The van der Waals surface area contributed by atoms with Crippen LogP contribution >= 0.6 is 0 Å². The van der Waals surface area contributed by atoms with E-state index in [0.29, 0.717) is 23.7 Å². The Hall–Kier alpha value is -2.17. The Labute approximate surface area is 141 Å². The van der Waals surface area contributed by atoms with Gasteiger partial charge in [0.25, 0.3) is 0 Å². The summed E-state index contributed by atoms with van der Waals surface area (Å²) in [5, 5.41) is 0. The Morgan fingerprint density at radius 1 is 1.38 bits per heavy atom. The quantitative estimate of drug-likeness (QED) is 0.784. The molecule has 24 heavy (non-hydrogen) atoms. The molecule has 2 aliphatic rings. The van der Waals surface area contributed by atoms with Crippen LogP contribution < -0.4 is 0 Å². The van der Waals surface area contributed by atoms with Crippen molar-refractivity contribution in [2.45, 2.75) is 38.5 Å². The topological polar surface area (TPSA) is 47.9 Å². The Morgan fingerprint density at radius 3 is 2.79 bits per heavy atom. The molecule has 0 aliphatic carbocycles. The number of esters is 1. The first kappa shape index (κ1) is 16.7. The van der Waals surface area contributed by atoms with Crippen molar-refractivity contribution in [3.63, 3.8) is 0 Å². The van der Waals surface area contributed by atoms with Gasteiger partial charge in [-0.05, 0) is 37.0 Å². The van der Waals surface area contributed by atoms with Crippen molar-refractivity contribution in [2.75, 3.05) is 13.7 Å². The largest absolute Gasteiger partial charge is 0.466 e. The number of ether oxygens (including phenoxy) is 2. The highest BCUT2D eigenvalue weighted by Gasteiger charge is 2.42. The SMILES string of the molecule is CCCC1=C(C(=O)OC)C(c2ccc(F)cc2)C2CCCN=C2O1. The van der Waals surface area contributed by atoms with E-state index in [2.05, 4.69) is 4.99 Å². The van der Waals surface area contributed by atoms with Crippen molar-refractivity contribution in [3.05, 3.63) is 47.0 Å². The molecule has 0 amide bonds. The molecule has 3 rings (SSSR count). The molecule has 4 nitrogen and oxygen atoms in total. The van der Waals surface area contributed by atoms with Crippen molar-refractivity contribution in [1.82, 2.24) is 0 Å². The zero-order valence-corrected chi connectivity index (χ0v) is 14.0. The Kier molecular flexibility index (Phi) is 4.97. The number of nitrogens with zero attached hydrogens (tertiary/aromatic N) is 1. The van der Waals surface area contributed by atoms with Crippen LogP contribution in [0.3, 0.4) is 0 Å². The summed E-state index contributed by atoms with van der Waals surface area (Å²) in [4.78, 5) is 17.0. The van der Waals surface area contributed by atoms with Crippen LogP contribution in [0.5, 0.6) is 0 Å². The molecule has 2 unspecified atom stereocenters. The summed E-state index contributed by atoms with van der Waals surface area (Å²) in [7, 11) is 1.38. The molecule has 0 spiro atoms. The third kappa shape index (κ3) is 3.07. The number of aliphatic imine (C=N–C) groups is 1. The lowest BCUT2D eigenvalue weighted by Gasteiger charge is -2.37. The lowest BCUT2D eigenvalue weighted by atomic mass is 9.75. The number of methoxy groups -OCH3 is 1. The molecule has 1 aromatic carbocycles. The second-order valence-electron chi connectivity index (χ2n) is 6.18. The Balaban J connectivity index is 2.14. The van der Waals surface area contributed by atoms with Crippen LogP contribution in [-0.4, -0.2) is 25.5 Å². The van der Waals surface area contributed by atoms with E-state index < -0.39 is 0 Å². The van der Waals surface area contributed by atoms with Gasteiger partial charge in [-0.15, -0.1) is 0 Å². The average molecular weight is 331 g/mol. The zero-order chi connectivity index (χ0) is 17.1. The van der Waals surface area contributed by atoms with Gasteiger partial charge in [0, 0.05) is 24.8 Å². The lowest BCUT2D eigenvalue weighted by Crippen LogP contribution is -2.36. The molecule has 0 aromatic heterocycles. The number of rotatable bonds is 4. The van der Waals surface area contributed by atoms with Crippen LogP contribution in [0.15, 0.2) is 40.6 Å². The summed E-state index contributed by atoms with van der Waals surface area (Å²) < 4.78 is 24.4. The lowest BCUT2D eigenvalue weighted by molar-refractivity contribution is -0.137. The van der Waals surface area contributed by atoms with Gasteiger partial charge in [0.15, 0.2) is 5.90 Å². The molecule has 128 valence electrons. The van der Waals surface area contributed by atoms with Crippen LogP contribution in [0.1, 0.15) is 44.1 Å². The van der Waals surface area contributed by atoms with Crippen LogP contribution in [-0.2, 0) is 14.3 Å². The molecule has 0 N–H and O–H groups in total. The maximum absolute atomic E-state index is 13.4. The van der Waals surface area contributed by atoms with Gasteiger partial charge in [-0.2, -0.15) is 0 Å². The normalized spacial score (nSPS) is 23.2. The highest BCUT2D eigenvalue weighted by molar-refractivity contribution is 5.95. The zero-order valence-electron chi connectivity index (χ0n) is 14.0. The summed E-state index contributed by atoms with van der Waals surface area (Å²) in [6, 6.07) is 6.34. The molecular formula is C19H22FNO3. The van der Waals surface area contributed by atoms with Gasteiger partial charge in [0.1, 0.15) is 11.6 Å². The number of carbonyl (C=O) groups excluding carboxylic acids is 1. The number of halogens is 1. The molecule has 0 fully saturated rings. The van der Waals surface area contributed by atoms with Crippen molar-refractivity contribution in [2.24, 2.45) is 10.9 Å². The molecule has 5 heteroatoms. The van der Waals surface area contributed by atoms with Gasteiger partial charge in [-0.25, -0.2) is 9.18 Å². The molecule has 0 saturated carbocycles. The predicted octanol–water partition coefficient (Wildman–Crippen LogP) is 3.98. The first-order valence-electron chi connectivity index (χ1n) is 8.44. The van der Waals surface area contributed by atoms with Gasteiger partial charge in [-0.3, -0.25) is 4.99 Å². The number of benzene rings is 1. The molecule has 2 atom stereocenters. The molecule has 0 radical (unpaired) electrons. The van der Waals surface area contributed by atoms with Crippen molar-refractivity contribution >= 4 is 11.9 Å². The summed E-state index contributed by atoms with van der Waals surface area (Å²) >= 11 is 0. The maximum atomic E-state index is 13.4. The van der Waals surface area contributed by atoms with E-state index in [9.17, 15) is 9.18 Å². The second kappa shape index (κ2) is 7.16. The van der Waals surface area contributed by atoms with E-state index in [-0.39, 0.29) is 23.6 Å². The van der Waals surface area contributed by atoms with E-state index in [4.69, 9.17) is 9.47 Å². The molecule has 2 aliphatic heterocycles. The van der Waals surface area contributed by atoms with E-state index in [0.717, 1.165) is 31.4 Å². The van der Waals surface area contributed by atoms with E-state index >= 15 is 0 Å². The van der Waals surface area contributed by atoms with Gasteiger partial charge in [-0.1, -0.05) is 19.1 Å². The first-order chi connectivity index (χ1) is 11.7. The molecular weight excluding hydrogens is 309 g/mol. The van der Waals surface area contributed by atoms with Gasteiger partial charge in [0.05, 0.1) is 12.7 Å². The standard InChI is InChI=1S/C19H22FNO3/c1-3-5-15-17(19(22)23-2)16(12-7-9-13(20)10-8-12)14-6-4-11-21-18(14)24-15/h7-10,14,16H,3-6,11H2,1-2H3. The minimum atomic E-state index is -0.377. The number of hydrogen-bond acceptors (Lipinski definition) is 4. The third-order valence-electron chi connectivity index (χ3n) is 4.61. The van der Waals surface area contributed by atoms with Crippen LogP contribution in [0.25, 0.3) is 0 Å². The number of hydrogen-bond donors (Lipinski definition) is 0. The smallest absolute Gasteiger partial charge is 0.337 e. The van der Waals surface area contributed by atoms with E-state index in [1.54, 1.807) is 12.1 Å². The number of allylic oxidation sites excluding steroid dienone is 1. The highest BCUT2D eigenvalue weighted by atomic mass is 19.1. The summed E-state index contributed by atoms with van der Waals surface area (Å²) in [6.45, 7) is 2.78. The van der Waals surface area contributed by atoms with Crippen LogP contribution in [0, 0.1) is 11.7 Å². The minimum Gasteiger partial charge on any atom is -0.466 e. The fraction of sp³-hybridized carbons (Fsp3) is 0.474. The first-order valence-corrected chi connectivity index (χ1v) is 8.44. The fourth-order valence-electron chi connectivity index (χ4n) is 3.55. The van der Waals surface area contributed by atoms with E-state index in [1.165, 1.54) is 19.2 Å². The van der Waals surface area contributed by atoms with Gasteiger partial charge < -0.3 is 9.47 Å². The van der Waals surface area contributed by atoms with Crippen LogP contribution in [0.4, 0.5) is 4.39 Å². The summed E-state index contributed by atoms with van der Waals surface area (Å²) in [6.07, 6.45) is 3.34. The van der Waals surface area contributed by atoms with Crippen molar-refractivity contribution < 1.29 is 18.7 Å². The highest BCUT2D eigenvalue weighted by Crippen LogP contribution is 2.44. The van der Waals surface area contributed by atoms with Crippen molar-refractivity contribution in [3.8, 4) is 0 Å². The summed E-state index contributed by atoms with van der Waals surface area (Å²) in [5.74, 6) is 0.465. The van der Waals surface area contributed by atoms with E-state index in [1.807, 2.05) is 6.92 Å². The maximum Gasteiger partial charge on any atom is 0.337 e. The minimum absolute atomic E-state index is 0.00100. The second-order valence-corrected chi connectivity index (χ2v) is 6.18. The Bertz CT molecular complexity index is 678. The number of carbonyl (C=O) groups is 1. The predicted molar refractivity (Wildman–Crippen MR) is 89.2 cm³/mol. The molecule has 0 bridgehead atoms. The third-order valence-corrected chi connectivity index (χ3v) is 4.61. The molecule has 0 saturated heterocycles. The van der Waals surface area contributed by atoms with Crippen molar-refractivity contribution in [1.29, 1.82) is 0 Å². The molecule has 2 heterocycles. The average Bonchev–Trinajstić information content (AvgIpc) is 2.61.